The van der Waals surface area contributed by atoms with Crippen LogP contribution >= 0.6 is 12.4 Å². The summed E-state index contributed by atoms with van der Waals surface area (Å²) in [4.78, 5) is 0. The predicted molar refractivity (Wildman–Crippen MR) is 61.8 cm³/mol. The van der Waals surface area contributed by atoms with E-state index < -0.39 is 0 Å². The average molecular weight is 216 g/mol. The van der Waals surface area contributed by atoms with Crippen molar-refractivity contribution in [1.29, 1.82) is 0 Å². The van der Waals surface area contributed by atoms with Crippen molar-refractivity contribution in [2.24, 2.45) is 5.73 Å². The normalized spacial score (nSPS) is 11.9. The van der Waals surface area contributed by atoms with Crippen molar-refractivity contribution < 1.29 is 4.42 Å². The zero-order valence-corrected chi connectivity index (χ0v) is 9.56. The summed E-state index contributed by atoms with van der Waals surface area (Å²) >= 11 is 0. The lowest BCUT2D eigenvalue weighted by molar-refractivity contribution is 0.435. The molecule has 1 heterocycles. The molecule has 0 amide bonds. The molecule has 0 aromatic carbocycles. The van der Waals surface area contributed by atoms with E-state index in [9.17, 15) is 0 Å². The van der Waals surface area contributed by atoms with Crippen LogP contribution in [0, 0.1) is 13.8 Å². The molecule has 0 spiro atoms. The Kier molecular flexibility index (Phi) is 5.58. The Morgan fingerprint density at radius 3 is 2.64 bits per heavy atom. The number of aryl methyl sites for hydroxylation is 2. The summed E-state index contributed by atoms with van der Waals surface area (Å²) in [6, 6.07) is 2.02. The fourth-order valence-electron chi connectivity index (χ4n) is 1.22. The highest BCUT2D eigenvalue weighted by Gasteiger charge is 2.10. The minimum atomic E-state index is 0. The minimum Gasteiger partial charge on any atom is -0.464 e. The largest absolute Gasteiger partial charge is 0.464 e. The summed E-state index contributed by atoms with van der Waals surface area (Å²) in [6.07, 6.45) is 3.71. The second-order valence-electron chi connectivity index (χ2n) is 3.36. The highest BCUT2D eigenvalue weighted by molar-refractivity contribution is 5.85. The lowest BCUT2D eigenvalue weighted by Crippen LogP contribution is -2.08. The smallest absolute Gasteiger partial charge is 0.121 e. The molecule has 0 saturated carbocycles. The van der Waals surface area contributed by atoms with Crippen LogP contribution in [0.25, 0.3) is 0 Å². The Morgan fingerprint density at radius 1 is 1.57 bits per heavy atom. The SMILES string of the molecule is C=CCC[C@H](N)c1cc(C)c(C)o1.Cl. The summed E-state index contributed by atoms with van der Waals surface area (Å²) in [5, 5.41) is 0. The average Bonchev–Trinajstić information content (AvgIpc) is 2.43. The number of rotatable bonds is 4. The van der Waals surface area contributed by atoms with Gasteiger partial charge < -0.3 is 10.2 Å². The third-order valence-corrected chi connectivity index (χ3v) is 2.23. The van der Waals surface area contributed by atoms with Crippen LogP contribution < -0.4 is 5.73 Å². The van der Waals surface area contributed by atoms with E-state index in [0.29, 0.717) is 0 Å². The first kappa shape index (κ1) is 13.3. The van der Waals surface area contributed by atoms with Crippen molar-refractivity contribution in [2.75, 3.05) is 0 Å². The van der Waals surface area contributed by atoms with E-state index in [1.54, 1.807) is 0 Å². The van der Waals surface area contributed by atoms with E-state index in [2.05, 4.69) is 6.58 Å². The molecule has 80 valence electrons. The maximum absolute atomic E-state index is 5.92. The van der Waals surface area contributed by atoms with E-state index in [0.717, 1.165) is 24.4 Å². The number of hydrogen-bond donors (Lipinski definition) is 1. The van der Waals surface area contributed by atoms with Gasteiger partial charge in [0.25, 0.3) is 0 Å². The molecule has 1 atom stereocenters. The fourth-order valence-corrected chi connectivity index (χ4v) is 1.22. The van der Waals surface area contributed by atoms with Gasteiger partial charge in [0.1, 0.15) is 11.5 Å². The van der Waals surface area contributed by atoms with E-state index in [-0.39, 0.29) is 18.4 Å². The Morgan fingerprint density at radius 2 is 2.21 bits per heavy atom. The number of furan rings is 1. The topological polar surface area (TPSA) is 39.2 Å². The van der Waals surface area contributed by atoms with Gasteiger partial charge in [0.2, 0.25) is 0 Å². The molecule has 0 unspecified atom stereocenters. The third-order valence-electron chi connectivity index (χ3n) is 2.23. The monoisotopic (exact) mass is 215 g/mol. The molecule has 0 aliphatic heterocycles. The fraction of sp³-hybridized carbons (Fsp3) is 0.455. The maximum Gasteiger partial charge on any atom is 0.121 e. The molecule has 1 aromatic rings. The lowest BCUT2D eigenvalue weighted by Gasteiger charge is -2.05. The van der Waals surface area contributed by atoms with E-state index in [1.165, 1.54) is 5.56 Å². The molecule has 0 aliphatic rings. The Labute approximate surface area is 91.6 Å². The van der Waals surface area contributed by atoms with Crippen LogP contribution in [0.2, 0.25) is 0 Å². The van der Waals surface area contributed by atoms with E-state index >= 15 is 0 Å². The van der Waals surface area contributed by atoms with Crippen molar-refractivity contribution in [2.45, 2.75) is 32.7 Å². The Balaban J connectivity index is 0.00000169. The summed E-state index contributed by atoms with van der Waals surface area (Å²) in [7, 11) is 0. The molecule has 0 bridgehead atoms. The van der Waals surface area contributed by atoms with Gasteiger partial charge in [0.05, 0.1) is 6.04 Å². The molecule has 14 heavy (non-hydrogen) atoms. The van der Waals surface area contributed by atoms with Crippen molar-refractivity contribution in [3.63, 3.8) is 0 Å². The van der Waals surface area contributed by atoms with Crippen molar-refractivity contribution in [3.8, 4) is 0 Å². The van der Waals surface area contributed by atoms with Gasteiger partial charge in [-0.15, -0.1) is 19.0 Å². The number of allylic oxidation sites excluding steroid dienone is 1. The molecule has 0 radical (unpaired) electrons. The van der Waals surface area contributed by atoms with Gasteiger partial charge >= 0.3 is 0 Å². The molecular formula is C11H18ClNO. The van der Waals surface area contributed by atoms with Crippen LogP contribution in [0.5, 0.6) is 0 Å². The van der Waals surface area contributed by atoms with Gasteiger partial charge in [-0.3, -0.25) is 0 Å². The number of nitrogens with two attached hydrogens (primary N) is 1. The molecule has 1 aromatic heterocycles. The number of hydrogen-bond acceptors (Lipinski definition) is 2. The second kappa shape index (κ2) is 5.89. The first-order chi connectivity index (χ1) is 6.15. The highest BCUT2D eigenvalue weighted by Crippen LogP contribution is 2.21. The van der Waals surface area contributed by atoms with E-state index in [4.69, 9.17) is 10.2 Å². The van der Waals surface area contributed by atoms with Crippen LogP contribution in [0.4, 0.5) is 0 Å². The van der Waals surface area contributed by atoms with Crippen LogP contribution in [0.3, 0.4) is 0 Å². The molecule has 3 heteroatoms. The van der Waals surface area contributed by atoms with Crippen molar-refractivity contribution in [1.82, 2.24) is 0 Å². The summed E-state index contributed by atoms with van der Waals surface area (Å²) in [5.41, 5.74) is 7.09. The summed E-state index contributed by atoms with van der Waals surface area (Å²) < 4.78 is 5.51. The van der Waals surface area contributed by atoms with Gasteiger partial charge in [0.15, 0.2) is 0 Å². The molecule has 0 fully saturated rings. The molecule has 0 saturated heterocycles. The molecule has 0 aliphatic carbocycles. The van der Waals surface area contributed by atoms with Gasteiger partial charge in [0, 0.05) is 0 Å². The third kappa shape index (κ3) is 3.20. The molecule has 2 N–H and O–H groups in total. The molecule has 1 rings (SSSR count). The van der Waals surface area contributed by atoms with Gasteiger partial charge in [-0.25, -0.2) is 0 Å². The van der Waals surface area contributed by atoms with Gasteiger partial charge in [-0.1, -0.05) is 6.08 Å². The zero-order chi connectivity index (χ0) is 9.84. The van der Waals surface area contributed by atoms with Crippen LogP contribution in [-0.4, -0.2) is 0 Å². The first-order valence-electron chi connectivity index (χ1n) is 4.58. The number of halogens is 1. The molecular weight excluding hydrogens is 198 g/mol. The van der Waals surface area contributed by atoms with E-state index in [1.807, 2.05) is 26.0 Å². The quantitative estimate of drug-likeness (QED) is 0.783. The minimum absolute atomic E-state index is 0. The van der Waals surface area contributed by atoms with Crippen molar-refractivity contribution >= 4 is 12.4 Å². The summed E-state index contributed by atoms with van der Waals surface area (Å²) in [5.74, 6) is 1.85. The van der Waals surface area contributed by atoms with Crippen LogP contribution in [0.1, 0.15) is 36.0 Å². The molecule has 2 nitrogen and oxygen atoms in total. The van der Waals surface area contributed by atoms with Crippen molar-refractivity contribution in [3.05, 3.63) is 35.8 Å². The summed E-state index contributed by atoms with van der Waals surface area (Å²) in [6.45, 7) is 7.65. The second-order valence-corrected chi connectivity index (χ2v) is 3.36. The Bertz CT molecular complexity index is 274. The lowest BCUT2D eigenvalue weighted by atomic mass is 10.1. The van der Waals surface area contributed by atoms with Gasteiger partial charge in [-0.2, -0.15) is 0 Å². The van der Waals surface area contributed by atoms with Gasteiger partial charge in [-0.05, 0) is 38.3 Å². The zero-order valence-electron chi connectivity index (χ0n) is 8.75. The van der Waals surface area contributed by atoms with Crippen LogP contribution in [0.15, 0.2) is 23.1 Å². The Hall–Kier alpha value is -0.730. The maximum atomic E-state index is 5.92. The first-order valence-corrected chi connectivity index (χ1v) is 4.58. The van der Waals surface area contributed by atoms with Crippen LogP contribution in [-0.2, 0) is 0 Å². The highest BCUT2D eigenvalue weighted by atomic mass is 35.5. The predicted octanol–water partition coefficient (Wildman–Crippen LogP) is 3.28. The standard InChI is InChI=1S/C11H17NO.ClH/c1-4-5-6-10(12)11-7-8(2)9(3)13-11;/h4,7,10H,1,5-6,12H2,2-3H3;1H/t10-;/m0./s1.